The molecule has 0 spiro atoms. The standard InChI is InChI=1S/C21H14F2N2O2S/c22-21(23)27-16-11-9-15(10-12-16)25-20(26)17-6-2-4-8-19(17)28-18-7-3-1-5-14(18)13-24/h1-12,21H,(H,25,26). The number of amides is 1. The molecule has 0 aliphatic rings. The molecule has 3 aromatic carbocycles. The molecule has 3 rings (SSSR count). The number of carbonyl (C=O) groups excluding carboxylic acids is 1. The molecule has 0 unspecified atom stereocenters. The van der Waals surface area contributed by atoms with Crippen molar-refractivity contribution >= 4 is 23.4 Å². The van der Waals surface area contributed by atoms with Gasteiger partial charge in [0.2, 0.25) is 0 Å². The number of hydrogen-bond donors (Lipinski definition) is 1. The average Bonchev–Trinajstić information content (AvgIpc) is 2.70. The second-order valence-electron chi connectivity index (χ2n) is 5.56. The summed E-state index contributed by atoms with van der Waals surface area (Å²) in [6.07, 6.45) is 0. The van der Waals surface area contributed by atoms with E-state index in [0.29, 0.717) is 21.7 Å². The number of halogens is 2. The highest BCUT2D eigenvalue weighted by molar-refractivity contribution is 7.99. The molecule has 140 valence electrons. The predicted octanol–water partition coefficient (Wildman–Crippen LogP) is 5.56. The number of hydrogen-bond acceptors (Lipinski definition) is 4. The van der Waals surface area contributed by atoms with E-state index in [2.05, 4.69) is 16.1 Å². The van der Waals surface area contributed by atoms with Gasteiger partial charge in [-0.3, -0.25) is 4.79 Å². The van der Waals surface area contributed by atoms with Crippen LogP contribution in [0.4, 0.5) is 14.5 Å². The Morgan fingerprint density at radius 3 is 2.29 bits per heavy atom. The van der Waals surface area contributed by atoms with Gasteiger partial charge >= 0.3 is 6.61 Å². The lowest BCUT2D eigenvalue weighted by atomic mass is 10.2. The van der Waals surface area contributed by atoms with Gasteiger partial charge in [0.15, 0.2) is 0 Å². The van der Waals surface area contributed by atoms with Crippen LogP contribution in [0.3, 0.4) is 0 Å². The molecule has 3 aromatic rings. The third-order valence-corrected chi connectivity index (χ3v) is 4.85. The van der Waals surface area contributed by atoms with Crippen LogP contribution in [-0.4, -0.2) is 12.5 Å². The number of rotatable bonds is 6. The lowest BCUT2D eigenvalue weighted by Gasteiger charge is -2.11. The van der Waals surface area contributed by atoms with Crippen LogP contribution < -0.4 is 10.1 Å². The molecule has 0 saturated heterocycles. The molecule has 0 fully saturated rings. The highest BCUT2D eigenvalue weighted by atomic mass is 32.2. The second kappa shape index (κ2) is 9.02. The first-order valence-electron chi connectivity index (χ1n) is 8.19. The first-order valence-corrected chi connectivity index (χ1v) is 9.00. The second-order valence-corrected chi connectivity index (χ2v) is 6.65. The van der Waals surface area contributed by atoms with E-state index in [1.807, 2.05) is 18.2 Å². The van der Waals surface area contributed by atoms with Gasteiger partial charge in [0, 0.05) is 15.5 Å². The van der Waals surface area contributed by atoms with Crippen LogP contribution in [0.1, 0.15) is 15.9 Å². The number of nitrogens with one attached hydrogen (secondary N) is 1. The van der Waals surface area contributed by atoms with E-state index in [1.165, 1.54) is 36.0 Å². The van der Waals surface area contributed by atoms with Gasteiger partial charge in [-0.05, 0) is 48.5 Å². The molecule has 0 radical (unpaired) electrons. The van der Waals surface area contributed by atoms with Crippen molar-refractivity contribution in [1.82, 2.24) is 0 Å². The van der Waals surface area contributed by atoms with E-state index in [0.717, 1.165) is 4.90 Å². The molecule has 0 aliphatic heterocycles. The van der Waals surface area contributed by atoms with Gasteiger partial charge in [0.1, 0.15) is 11.8 Å². The van der Waals surface area contributed by atoms with Gasteiger partial charge in [0.25, 0.3) is 5.91 Å². The van der Waals surface area contributed by atoms with Gasteiger partial charge < -0.3 is 10.1 Å². The van der Waals surface area contributed by atoms with Crippen LogP contribution in [0.15, 0.2) is 82.6 Å². The maximum atomic E-state index is 12.7. The summed E-state index contributed by atoms with van der Waals surface area (Å²) in [6.45, 7) is -2.90. The number of benzene rings is 3. The van der Waals surface area contributed by atoms with Crippen molar-refractivity contribution < 1.29 is 18.3 Å². The summed E-state index contributed by atoms with van der Waals surface area (Å²) in [7, 11) is 0. The fraction of sp³-hybridized carbons (Fsp3) is 0.0476. The Morgan fingerprint density at radius 2 is 1.61 bits per heavy atom. The quantitative estimate of drug-likeness (QED) is 0.592. The lowest BCUT2D eigenvalue weighted by Crippen LogP contribution is -2.13. The molecular formula is C21H14F2N2O2S. The van der Waals surface area contributed by atoms with Crippen molar-refractivity contribution in [3.63, 3.8) is 0 Å². The number of carbonyl (C=O) groups is 1. The summed E-state index contributed by atoms with van der Waals surface area (Å²) in [5, 5.41) is 12.0. The lowest BCUT2D eigenvalue weighted by molar-refractivity contribution is -0.0498. The zero-order valence-electron chi connectivity index (χ0n) is 14.4. The molecule has 0 aliphatic carbocycles. The fourth-order valence-electron chi connectivity index (χ4n) is 2.43. The summed E-state index contributed by atoms with van der Waals surface area (Å²) < 4.78 is 28.7. The number of nitrogens with zero attached hydrogens (tertiary/aromatic N) is 1. The van der Waals surface area contributed by atoms with E-state index in [9.17, 15) is 18.8 Å². The minimum Gasteiger partial charge on any atom is -0.435 e. The third-order valence-electron chi connectivity index (χ3n) is 3.70. The first kappa shape index (κ1) is 19.4. The molecule has 0 bridgehead atoms. The Kier molecular flexibility index (Phi) is 6.25. The SMILES string of the molecule is N#Cc1ccccc1Sc1ccccc1C(=O)Nc1ccc(OC(F)F)cc1. The van der Waals surface area contributed by atoms with Crippen LogP contribution in [0.2, 0.25) is 0 Å². The van der Waals surface area contributed by atoms with Crippen LogP contribution >= 0.6 is 11.8 Å². The van der Waals surface area contributed by atoms with Crippen molar-refractivity contribution in [3.8, 4) is 11.8 Å². The number of anilines is 1. The molecule has 0 atom stereocenters. The van der Waals surface area contributed by atoms with Gasteiger partial charge in [-0.15, -0.1) is 0 Å². The van der Waals surface area contributed by atoms with E-state index in [4.69, 9.17) is 0 Å². The molecule has 1 amide bonds. The van der Waals surface area contributed by atoms with Crippen molar-refractivity contribution in [2.24, 2.45) is 0 Å². The number of nitriles is 1. The van der Waals surface area contributed by atoms with Crippen LogP contribution in [0.25, 0.3) is 0 Å². The minimum atomic E-state index is -2.90. The summed E-state index contributed by atoms with van der Waals surface area (Å²) in [5.41, 5.74) is 1.41. The van der Waals surface area contributed by atoms with Crippen molar-refractivity contribution in [1.29, 1.82) is 5.26 Å². The fourth-order valence-corrected chi connectivity index (χ4v) is 3.45. The normalized spacial score (nSPS) is 10.4. The monoisotopic (exact) mass is 396 g/mol. The molecule has 28 heavy (non-hydrogen) atoms. The first-order chi connectivity index (χ1) is 13.6. The maximum absolute atomic E-state index is 12.7. The highest BCUT2D eigenvalue weighted by Crippen LogP contribution is 2.33. The third kappa shape index (κ3) is 4.87. The van der Waals surface area contributed by atoms with E-state index in [1.54, 1.807) is 30.3 Å². The molecule has 0 saturated carbocycles. The molecular weight excluding hydrogens is 382 g/mol. The summed E-state index contributed by atoms with van der Waals surface area (Å²) >= 11 is 1.33. The van der Waals surface area contributed by atoms with E-state index in [-0.39, 0.29) is 11.7 Å². The van der Waals surface area contributed by atoms with E-state index < -0.39 is 6.61 Å². The van der Waals surface area contributed by atoms with Crippen molar-refractivity contribution in [2.45, 2.75) is 16.4 Å². The van der Waals surface area contributed by atoms with E-state index >= 15 is 0 Å². The smallest absolute Gasteiger partial charge is 0.387 e. The number of ether oxygens (including phenoxy) is 1. The Labute approximate surface area is 164 Å². The minimum absolute atomic E-state index is 0.0112. The Balaban J connectivity index is 1.78. The van der Waals surface area contributed by atoms with Gasteiger partial charge in [-0.2, -0.15) is 14.0 Å². The summed E-state index contributed by atoms with van der Waals surface area (Å²) in [4.78, 5) is 14.1. The molecule has 0 heterocycles. The van der Waals surface area contributed by atoms with Crippen molar-refractivity contribution in [3.05, 3.63) is 83.9 Å². The topological polar surface area (TPSA) is 62.1 Å². The Hall–Kier alpha value is -3.37. The molecule has 7 heteroatoms. The molecule has 0 aromatic heterocycles. The van der Waals surface area contributed by atoms with Crippen LogP contribution in [-0.2, 0) is 0 Å². The Morgan fingerprint density at radius 1 is 0.964 bits per heavy atom. The zero-order valence-corrected chi connectivity index (χ0v) is 15.2. The van der Waals surface area contributed by atoms with Gasteiger partial charge in [0.05, 0.1) is 11.1 Å². The molecule has 4 nitrogen and oxygen atoms in total. The number of alkyl halides is 2. The summed E-state index contributed by atoms with van der Waals surface area (Å²) in [6, 6.07) is 22.0. The zero-order chi connectivity index (χ0) is 19.9. The largest absolute Gasteiger partial charge is 0.435 e. The van der Waals surface area contributed by atoms with Gasteiger partial charge in [-0.1, -0.05) is 36.0 Å². The predicted molar refractivity (Wildman–Crippen MR) is 103 cm³/mol. The molecule has 1 N–H and O–H groups in total. The van der Waals surface area contributed by atoms with Gasteiger partial charge in [-0.25, -0.2) is 0 Å². The average molecular weight is 396 g/mol. The summed E-state index contributed by atoms with van der Waals surface area (Å²) in [5.74, 6) is -0.336. The Bertz CT molecular complexity index is 1020. The van der Waals surface area contributed by atoms with Crippen LogP contribution in [0, 0.1) is 11.3 Å². The maximum Gasteiger partial charge on any atom is 0.387 e. The highest BCUT2D eigenvalue weighted by Gasteiger charge is 2.14. The van der Waals surface area contributed by atoms with Crippen LogP contribution in [0.5, 0.6) is 5.75 Å². The van der Waals surface area contributed by atoms with Crippen molar-refractivity contribution in [2.75, 3.05) is 5.32 Å².